The van der Waals surface area contributed by atoms with Crippen LogP contribution >= 0.6 is 11.6 Å². The van der Waals surface area contributed by atoms with E-state index in [4.69, 9.17) is 21.8 Å². The zero-order valence-electron chi connectivity index (χ0n) is 11.1. The highest BCUT2D eigenvalue weighted by Crippen LogP contribution is 2.23. The van der Waals surface area contributed by atoms with E-state index in [0.29, 0.717) is 12.3 Å². The Kier molecular flexibility index (Phi) is 3.47. The largest absolute Gasteiger partial charge is 0.441 e. The number of oxazole rings is 1. The third-order valence-corrected chi connectivity index (χ3v) is 3.76. The van der Waals surface area contributed by atoms with Gasteiger partial charge in [0.1, 0.15) is 5.52 Å². The first-order valence-electron chi connectivity index (χ1n) is 6.49. The lowest BCUT2D eigenvalue weighted by molar-refractivity contribution is 0.502. The highest BCUT2D eigenvalue weighted by atomic mass is 35.5. The minimum atomic E-state index is -0.179. The van der Waals surface area contributed by atoms with Gasteiger partial charge in [-0.25, -0.2) is 4.98 Å². The molecule has 0 radical (unpaired) electrons. The van der Waals surface area contributed by atoms with Crippen LogP contribution in [0.4, 0.5) is 0 Å². The summed E-state index contributed by atoms with van der Waals surface area (Å²) in [5.74, 6) is 0.649. The van der Waals surface area contributed by atoms with Crippen LogP contribution in [0.15, 0.2) is 46.9 Å². The molecule has 0 saturated carbocycles. The molecule has 0 aliphatic rings. The Morgan fingerprint density at radius 3 is 2.80 bits per heavy atom. The minimum Gasteiger partial charge on any atom is -0.441 e. The van der Waals surface area contributed by atoms with Gasteiger partial charge in [-0.05, 0) is 36.2 Å². The van der Waals surface area contributed by atoms with Gasteiger partial charge in [-0.1, -0.05) is 35.9 Å². The molecule has 20 heavy (non-hydrogen) atoms. The fourth-order valence-corrected chi connectivity index (χ4v) is 2.34. The van der Waals surface area contributed by atoms with Crippen molar-refractivity contribution in [1.82, 2.24) is 4.98 Å². The zero-order chi connectivity index (χ0) is 14.1. The van der Waals surface area contributed by atoms with Crippen molar-refractivity contribution in [2.45, 2.75) is 19.4 Å². The Labute approximate surface area is 122 Å². The van der Waals surface area contributed by atoms with Crippen LogP contribution in [0.2, 0.25) is 5.02 Å². The third kappa shape index (κ3) is 2.55. The van der Waals surface area contributed by atoms with Crippen LogP contribution in [0, 0.1) is 6.92 Å². The molecule has 0 amide bonds. The second-order valence-corrected chi connectivity index (χ2v) is 5.30. The lowest BCUT2D eigenvalue weighted by Crippen LogP contribution is -2.13. The molecule has 1 aromatic heterocycles. The molecule has 3 nitrogen and oxygen atoms in total. The first kappa shape index (κ1) is 13.2. The average molecular weight is 287 g/mol. The molecule has 2 aromatic carbocycles. The lowest BCUT2D eigenvalue weighted by atomic mass is 10.0. The number of hydrogen-bond acceptors (Lipinski definition) is 3. The van der Waals surface area contributed by atoms with E-state index < -0.39 is 0 Å². The van der Waals surface area contributed by atoms with Gasteiger partial charge in [-0.3, -0.25) is 0 Å². The number of rotatable bonds is 3. The van der Waals surface area contributed by atoms with Gasteiger partial charge in [-0.2, -0.15) is 0 Å². The summed E-state index contributed by atoms with van der Waals surface area (Å²) >= 11 is 6.13. The maximum atomic E-state index is 6.21. The van der Waals surface area contributed by atoms with Crippen molar-refractivity contribution >= 4 is 22.7 Å². The molecular formula is C16H15ClN2O. The lowest BCUT2D eigenvalue weighted by Gasteiger charge is -2.11. The number of nitrogens with two attached hydrogens (primary N) is 1. The molecule has 0 fully saturated rings. The molecule has 102 valence electrons. The third-order valence-electron chi connectivity index (χ3n) is 3.36. The quantitative estimate of drug-likeness (QED) is 0.791. The van der Waals surface area contributed by atoms with Crippen LogP contribution in [0.1, 0.15) is 23.1 Å². The molecule has 1 heterocycles. The maximum absolute atomic E-state index is 6.21. The summed E-state index contributed by atoms with van der Waals surface area (Å²) in [5.41, 5.74) is 9.89. The van der Waals surface area contributed by atoms with Gasteiger partial charge >= 0.3 is 0 Å². The molecule has 3 aromatic rings. The number of aromatic nitrogens is 1. The predicted molar refractivity (Wildman–Crippen MR) is 80.8 cm³/mol. The molecule has 0 bridgehead atoms. The smallest absolute Gasteiger partial charge is 0.197 e. The highest BCUT2D eigenvalue weighted by Gasteiger charge is 2.13. The molecular weight excluding hydrogens is 272 g/mol. The summed E-state index contributed by atoms with van der Waals surface area (Å²) in [4.78, 5) is 4.44. The van der Waals surface area contributed by atoms with Crippen molar-refractivity contribution in [3.8, 4) is 0 Å². The van der Waals surface area contributed by atoms with E-state index in [1.165, 1.54) is 0 Å². The first-order valence-corrected chi connectivity index (χ1v) is 6.87. The molecule has 3 rings (SSSR count). The monoisotopic (exact) mass is 286 g/mol. The van der Waals surface area contributed by atoms with Gasteiger partial charge in [0.05, 0.1) is 0 Å². The molecule has 0 saturated heterocycles. The summed E-state index contributed by atoms with van der Waals surface area (Å²) < 4.78 is 5.69. The van der Waals surface area contributed by atoms with Crippen molar-refractivity contribution in [3.05, 3.63) is 64.5 Å². The second kappa shape index (κ2) is 5.27. The molecule has 0 aliphatic carbocycles. The van der Waals surface area contributed by atoms with E-state index in [-0.39, 0.29) is 6.04 Å². The molecule has 4 heteroatoms. The number of fused-ring (bicyclic) bond motifs is 1. The Morgan fingerprint density at radius 1 is 1.25 bits per heavy atom. The van der Waals surface area contributed by atoms with Crippen LogP contribution in [0.5, 0.6) is 0 Å². The number of hydrogen-bond donors (Lipinski definition) is 1. The van der Waals surface area contributed by atoms with Gasteiger partial charge in [-0.15, -0.1) is 0 Å². The zero-order valence-corrected chi connectivity index (χ0v) is 11.9. The minimum absolute atomic E-state index is 0.179. The van der Waals surface area contributed by atoms with E-state index in [0.717, 1.165) is 27.2 Å². The fourth-order valence-electron chi connectivity index (χ4n) is 2.15. The molecule has 0 spiro atoms. The van der Waals surface area contributed by atoms with Crippen molar-refractivity contribution < 1.29 is 4.42 Å². The van der Waals surface area contributed by atoms with Gasteiger partial charge < -0.3 is 10.2 Å². The topological polar surface area (TPSA) is 52.0 Å². The van der Waals surface area contributed by atoms with E-state index in [9.17, 15) is 0 Å². The Bertz CT molecular complexity index is 718. The van der Waals surface area contributed by atoms with Gasteiger partial charge in [0, 0.05) is 17.5 Å². The second-order valence-electron chi connectivity index (χ2n) is 4.89. The molecule has 2 N–H and O–H groups in total. The Hall–Kier alpha value is -1.84. The van der Waals surface area contributed by atoms with Gasteiger partial charge in [0.15, 0.2) is 11.5 Å². The number of nitrogens with zero attached hydrogens (tertiary/aromatic N) is 1. The summed E-state index contributed by atoms with van der Waals surface area (Å²) in [5, 5.41) is 0.732. The van der Waals surface area contributed by atoms with Crippen LogP contribution in [0.3, 0.4) is 0 Å². The number of benzene rings is 2. The number of para-hydroxylation sites is 2. The van der Waals surface area contributed by atoms with Crippen molar-refractivity contribution in [3.63, 3.8) is 0 Å². The standard InChI is InChI=1S/C16H15ClN2O/c1-10-6-7-11(8-12(10)17)13(18)9-16-19-14-4-2-3-5-15(14)20-16/h2-8,13H,9,18H2,1H3. The van der Waals surface area contributed by atoms with Crippen molar-refractivity contribution in [2.24, 2.45) is 5.73 Å². The van der Waals surface area contributed by atoms with Crippen LogP contribution in [-0.4, -0.2) is 4.98 Å². The van der Waals surface area contributed by atoms with E-state index in [2.05, 4.69) is 4.98 Å². The molecule has 1 atom stereocenters. The molecule has 0 aliphatic heterocycles. The number of aryl methyl sites for hydroxylation is 1. The summed E-state index contributed by atoms with van der Waals surface area (Å²) in [6.45, 7) is 1.97. The van der Waals surface area contributed by atoms with Crippen LogP contribution in [-0.2, 0) is 6.42 Å². The van der Waals surface area contributed by atoms with Crippen molar-refractivity contribution in [1.29, 1.82) is 0 Å². The predicted octanol–water partition coefficient (Wildman–Crippen LogP) is 4.03. The maximum Gasteiger partial charge on any atom is 0.197 e. The highest BCUT2D eigenvalue weighted by molar-refractivity contribution is 6.31. The Morgan fingerprint density at radius 2 is 2.05 bits per heavy atom. The summed E-state index contributed by atoms with van der Waals surface area (Å²) in [7, 11) is 0. The average Bonchev–Trinajstić information content (AvgIpc) is 2.83. The van der Waals surface area contributed by atoms with E-state index >= 15 is 0 Å². The van der Waals surface area contributed by atoms with E-state index in [1.54, 1.807) is 0 Å². The summed E-state index contributed by atoms with van der Waals surface area (Å²) in [6.07, 6.45) is 0.550. The van der Waals surface area contributed by atoms with E-state index in [1.807, 2.05) is 49.4 Å². The first-order chi connectivity index (χ1) is 9.63. The normalized spacial score (nSPS) is 12.8. The van der Waals surface area contributed by atoms with Crippen LogP contribution in [0.25, 0.3) is 11.1 Å². The van der Waals surface area contributed by atoms with Gasteiger partial charge in [0.25, 0.3) is 0 Å². The van der Waals surface area contributed by atoms with Crippen LogP contribution < -0.4 is 5.73 Å². The molecule has 1 unspecified atom stereocenters. The fraction of sp³-hybridized carbons (Fsp3) is 0.188. The Balaban J connectivity index is 1.84. The number of halogens is 1. The van der Waals surface area contributed by atoms with Gasteiger partial charge in [0.2, 0.25) is 0 Å². The summed E-state index contributed by atoms with van der Waals surface area (Å²) in [6, 6.07) is 13.4. The van der Waals surface area contributed by atoms with Crippen molar-refractivity contribution in [2.75, 3.05) is 0 Å². The SMILES string of the molecule is Cc1ccc(C(N)Cc2nc3ccccc3o2)cc1Cl.